The molecule has 1 aromatic rings. The number of hydrogen-bond acceptors (Lipinski definition) is 6. The Hall–Kier alpha value is -1.83. The maximum atomic E-state index is 12.1. The van der Waals surface area contributed by atoms with Crippen LogP contribution in [0.15, 0.2) is 41.9 Å². The first-order chi connectivity index (χ1) is 12.3. The van der Waals surface area contributed by atoms with Gasteiger partial charge in [0.25, 0.3) is 0 Å². The third kappa shape index (κ3) is 5.86. The van der Waals surface area contributed by atoms with Crippen LogP contribution in [0.4, 0.5) is 0 Å². The number of cyclic esters (lactones) is 1. The van der Waals surface area contributed by atoms with Crippen molar-refractivity contribution in [3.8, 4) is 0 Å². The molecule has 0 aliphatic carbocycles. The van der Waals surface area contributed by atoms with Gasteiger partial charge in [-0.3, -0.25) is 0 Å². The number of rotatable bonds is 10. The Bertz CT molecular complexity index is 623. The summed E-state index contributed by atoms with van der Waals surface area (Å²) in [5.41, 5.74) is 0.912. The first-order valence-corrected chi connectivity index (χ1v) is 12.6. The highest BCUT2D eigenvalue weighted by Gasteiger charge is 2.41. The van der Waals surface area contributed by atoms with E-state index in [-0.39, 0.29) is 18.1 Å². The minimum Gasteiger partial charge on any atom is -0.485 e. The standard InChI is InChI=1S/C19H28O6Si/c1-26(2,3)11-7-10-23-18-17(16(15(21)12-20)25-19(18)22)24-13-14-8-5-4-6-9-14/h4-6,8-9,15-16,20-21H,7,10-13H2,1-3H3. The Balaban J connectivity index is 2.08. The van der Waals surface area contributed by atoms with Crippen molar-refractivity contribution in [1.82, 2.24) is 0 Å². The summed E-state index contributed by atoms with van der Waals surface area (Å²) in [4.78, 5) is 12.1. The maximum Gasteiger partial charge on any atom is 0.378 e. The van der Waals surface area contributed by atoms with Crippen LogP contribution in [0.5, 0.6) is 0 Å². The molecular formula is C19H28O6Si. The lowest BCUT2D eigenvalue weighted by molar-refractivity contribution is -0.148. The van der Waals surface area contributed by atoms with Crippen LogP contribution in [0.25, 0.3) is 0 Å². The van der Waals surface area contributed by atoms with Crippen LogP contribution in [-0.2, 0) is 25.6 Å². The summed E-state index contributed by atoms with van der Waals surface area (Å²) in [7, 11) is -1.18. The van der Waals surface area contributed by atoms with E-state index >= 15 is 0 Å². The number of ether oxygens (including phenoxy) is 3. The zero-order chi connectivity index (χ0) is 19.2. The molecule has 0 fully saturated rings. The lowest BCUT2D eigenvalue weighted by atomic mass is 10.2. The Labute approximate surface area is 155 Å². The SMILES string of the molecule is C[Si](C)(C)CCCOC1=C(OCc2ccccc2)C(C(O)CO)OC1=O. The Kier molecular flexibility index (Phi) is 7.25. The Morgan fingerprint density at radius 1 is 1.19 bits per heavy atom. The highest BCUT2D eigenvalue weighted by molar-refractivity contribution is 6.76. The lowest BCUT2D eigenvalue weighted by Gasteiger charge is -2.18. The first-order valence-electron chi connectivity index (χ1n) is 8.85. The van der Waals surface area contributed by atoms with Crippen LogP contribution >= 0.6 is 0 Å². The van der Waals surface area contributed by atoms with Crippen molar-refractivity contribution >= 4 is 14.0 Å². The van der Waals surface area contributed by atoms with Crippen molar-refractivity contribution < 1.29 is 29.2 Å². The number of benzene rings is 1. The van der Waals surface area contributed by atoms with E-state index in [1.165, 1.54) is 0 Å². The minimum atomic E-state index is -1.26. The fourth-order valence-electron chi connectivity index (χ4n) is 2.59. The van der Waals surface area contributed by atoms with E-state index in [9.17, 15) is 15.0 Å². The van der Waals surface area contributed by atoms with E-state index < -0.39 is 32.9 Å². The molecule has 1 aliphatic heterocycles. The van der Waals surface area contributed by atoms with Crippen LogP contribution in [0.2, 0.25) is 25.7 Å². The van der Waals surface area contributed by atoms with E-state index in [4.69, 9.17) is 14.2 Å². The molecule has 1 aliphatic rings. The Morgan fingerprint density at radius 2 is 1.88 bits per heavy atom. The van der Waals surface area contributed by atoms with Gasteiger partial charge in [-0.05, 0) is 12.0 Å². The average molecular weight is 381 g/mol. The smallest absolute Gasteiger partial charge is 0.378 e. The summed E-state index contributed by atoms with van der Waals surface area (Å²) in [5.74, 6) is -0.527. The summed E-state index contributed by atoms with van der Waals surface area (Å²) in [6.45, 7) is 6.88. The van der Waals surface area contributed by atoms with Gasteiger partial charge in [-0.1, -0.05) is 56.0 Å². The molecule has 0 saturated heterocycles. The molecule has 26 heavy (non-hydrogen) atoms. The Morgan fingerprint density at radius 3 is 2.50 bits per heavy atom. The third-order valence-corrected chi connectivity index (χ3v) is 5.85. The summed E-state index contributed by atoms with van der Waals surface area (Å²) in [5, 5.41) is 19.2. The van der Waals surface area contributed by atoms with Crippen molar-refractivity contribution in [3.05, 3.63) is 47.4 Å². The van der Waals surface area contributed by atoms with Gasteiger partial charge in [0.05, 0.1) is 13.2 Å². The molecule has 2 N–H and O–H groups in total. The van der Waals surface area contributed by atoms with Crippen molar-refractivity contribution in [1.29, 1.82) is 0 Å². The lowest BCUT2D eigenvalue weighted by Crippen LogP contribution is -2.32. The highest BCUT2D eigenvalue weighted by atomic mass is 28.3. The predicted molar refractivity (Wildman–Crippen MR) is 100.0 cm³/mol. The normalized spacial score (nSPS) is 18.7. The van der Waals surface area contributed by atoms with Crippen LogP contribution in [0, 0.1) is 0 Å². The summed E-state index contributed by atoms with van der Waals surface area (Å²) >= 11 is 0. The number of aliphatic hydroxyl groups excluding tert-OH is 2. The van der Waals surface area contributed by atoms with E-state index in [2.05, 4.69) is 19.6 Å². The van der Waals surface area contributed by atoms with E-state index in [1.54, 1.807) is 0 Å². The van der Waals surface area contributed by atoms with Gasteiger partial charge in [0, 0.05) is 8.07 Å². The molecule has 1 aromatic carbocycles. The zero-order valence-electron chi connectivity index (χ0n) is 15.6. The minimum absolute atomic E-state index is 0.00555. The van der Waals surface area contributed by atoms with Gasteiger partial charge in [0.2, 0.25) is 5.76 Å². The van der Waals surface area contributed by atoms with Crippen molar-refractivity contribution in [3.63, 3.8) is 0 Å². The molecular weight excluding hydrogens is 352 g/mol. The topological polar surface area (TPSA) is 85.2 Å². The molecule has 2 atom stereocenters. The number of hydrogen-bond donors (Lipinski definition) is 2. The van der Waals surface area contributed by atoms with Crippen LogP contribution in [0.3, 0.4) is 0 Å². The van der Waals surface area contributed by atoms with Gasteiger partial charge in [-0.2, -0.15) is 0 Å². The number of carbonyl (C=O) groups is 1. The molecule has 6 nitrogen and oxygen atoms in total. The van der Waals surface area contributed by atoms with Gasteiger partial charge in [0.1, 0.15) is 12.7 Å². The molecule has 2 rings (SSSR count). The monoisotopic (exact) mass is 380 g/mol. The van der Waals surface area contributed by atoms with Crippen molar-refractivity contribution in [2.24, 2.45) is 0 Å². The second-order valence-electron chi connectivity index (χ2n) is 7.56. The number of aliphatic hydroxyl groups is 2. The third-order valence-electron chi connectivity index (χ3n) is 3.99. The van der Waals surface area contributed by atoms with Gasteiger partial charge < -0.3 is 24.4 Å². The van der Waals surface area contributed by atoms with E-state index in [0.717, 1.165) is 18.0 Å². The van der Waals surface area contributed by atoms with Gasteiger partial charge in [0.15, 0.2) is 11.9 Å². The fraction of sp³-hybridized carbons (Fsp3) is 0.526. The van der Waals surface area contributed by atoms with Gasteiger partial charge in [-0.25, -0.2) is 4.79 Å². The molecule has 7 heteroatoms. The maximum absolute atomic E-state index is 12.1. The fourth-order valence-corrected chi connectivity index (χ4v) is 3.80. The molecule has 0 radical (unpaired) electrons. The second kappa shape index (κ2) is 9.20. The highest BCUT2D eigenvalue weighted by Crippen LogP contribution is 2.28. The summed E-state index contributed by atoms with van der Waals surface area (Å²) in [6, 6.07) is 10.5. The van der Waals surface area contributed by atoms with Crippen molar-refractivity contribution in [2.45, 2.75) is 50.9 Å². The molecule has 0 aromatic heterocycles. The molecule has 144 valence electrons. The zero-order valence-corrected chi connectivity index (χ0v) is 16.6. The molecule has 2 unspecified atom stereocenters. The van der Waals surface area contributed by atoms with Gasteiger partial charge in [-0.15, -0.1) is 0 Å². The van der Waals surface area contributed by atoms with Crippen LogP contribution < -0.4 is 0 Å². The average Bonchev–Trinajstić information content (AvgIpc) is 2.92. The largest absolute Gasteiger partial charge is 0.485 e. The molecule has 0 bridgehead atoms. The molecule has 0 amide bonds. The van der Waals surface area contributed by atoms with E-state index in [0.29, 0.717) is 6.61 Å². The summed E-state index contributed by atoms with van der Waals surface area (Å²) < 4.78 is 16.6. The number of esters is 1. The van der Waals surface area contributed by atoms with Crippen LogP contribution in [0.1, 0.15) is 12.0 Å². The van der Waals surface area contributed by atoms with Gasteiger partial charge >= 0.3 is 5.97 Å². The second-order valence-corrected chi connectivity index (χ2v) is 13.2. The van der Waals surface area contributed by atoms with E-state index in [1.807, 2.05) is 30.3 Å². The molecule has 1 heterocycles. The first kappa shape index (κ1) is 20.5. The van der Waals surface area contributed by atoms with Crippen molar-refractivity contribution in [2.75, 3.05) is 13.2 Å². The molecule has 0 saturated carbocycles. The quantitative estimate of drug-likeness (QED) is 0.368. The number of carbonyl (C=O) groups excluding carboxylic acids is 1. The summed E-state index contributed by atoms with van der Waals surface area (Å²) in [6.07, 6.45) is -1.47. The predicted octanol–water partition coefficient (Wildman–Crippen LogP) is 2.44. The van der Waals surface area contributed by atoms with Crippen LogP contribution in [-0.4, -0.2) is 49.7 Å². The molecule has 0 spiro atoms.